The van der Waals surface area contributed by atoms with Gasteiger partial charge in [0.2, 0.25) is 0 Å². The van der Waals surface area contributed by atoms with Crippen LogP contribution < -0.4 is 4.74 Å². The summed E-state index contributed by atoms with van der Waals surface area (Å²) < 4.78 is 6.99. The highest BCUT2D eigenvalue weighted by atomic mass is 16.5. The number of aromatic nitrogens is 1. The summed E-state index contributed by atoms with van der Waals surface area (Å²) in [6.07, 6.45) is 0. The van der Waals surface area contributed by atoms with Crippen molar-refractivity contribution in [3.63, 3.8) is 0 Å². The van der Waals surface area contributed by atoms with Crippen LogP contribution >= 0.6 is 0 Å². The zero-order chi connectivity index (χ0) is 15.0. The van der Waals surface area contributed by atoms with Gasteiger partial charge >= 0.3 is 11.9 Å². The van der Waals surface area contributed by atoms with Crippen molar-refractivity contribution >= 4 is 22.8 Å². The molecule has 1 aromatic heterocycles. The molecule has 20 heavy (non-hydrogen) atoms. The first-order valence-electron chi connectivity index (χ1n) is 6.39. The summed E-state index contributed by atoms with van der Waals surface area (Å²) in [6, 6.07) is 5.21. The maximum atomic E-state index is 11.5. The van der Waals surface area contributed by atoms with Crippen LogP contribution in [0, 0.1) is 6.92 Å². The summed E-state index contributed by atoms with van der Waals surface area (Å²) >= 11 is 0. The maximum Gasteiger partial charge on any atom is 0.338 e. The Morgan fingerprint density at radius 2 is 1.95 bits per heavy atom. The second-order valence-electron chi connectivity index (χ2n) is 5.00. The number of benzene rings is 1. The molecule has 0 aliphatic heterocycles. The minimum atomic E-state index is -0.980. The predicted octanol–water partition coefficient (Wildman–Crippen LogP) is 3.15. The van der Waals surface area contributed by atoms with Crippen molar-refractivity contribution in [2.75, 3.05) is 0 Å². The topological polar surface area (TPSA) is 68.5 Å². The minimum Gasteiger partial charge on any atom is -0.478 e. The zero-order valence-corrected chi connectivity index (χ0v) is 11.9. The number of rotatable bonds is 3. The molecule has 5 heteroatoms. The molecule has 0 bridgehead atoms. The number of hydrogen-bond acceptors (Lipinski definition) is 3. The smallest absolute Gasteiger partial charge is 0.338 e. The van der Waals surface area contributed by atoms with Gasteiger partial charge in [-0.25, -0.2) is 4.79 Å². The van der Waals surface area contributed by atoms with Gasteiger partial charge in [-0.05, 0) is 39.0 Å². The molecule has 106 valence electrons. The number of carboxylic acids is 1. The van der Waals surface area contributed by atoms with Crippen molar-refractivity contribution in [3.8, 4) is 5.75 Å². The summed E-state index contributed by atoms with van der Waals surface area (Å²) in [7, 11) is 0. The largest absolute Gasteiger partial charge is 0.478 e. The lowest BCUT2D eigenvalue weighted by atomic mass is 10.1. The Kier molecular flexibility index (Phi) is 3.53. The third-order valence-electron chi connectivity index (χ3n) is 3.21. The lowest BCUT2D eigenvalue weighted by molar-refractivity contribution is -0.131. The Labute approximate surface area is 116 Å². The van der Waals surface area contributed by atoms with Gasteiger partial charge in [0.05, 0.1) is 5.56 Å². The van der Waals surface area contributed by atoms with Crippen LogP contribution in [0.4, 0.5) is 0 Å². The monoisotopic (exact) mass is 275 g/mol. The van der Waals surface area contributed by atoms with E-state index in [1.165, 1.54) is 6.92 Å². The number of carboxylic acid groups (broad SMARTS) is 1. The Balaban J connectivity index is 2.76. The predicted molar refractivity (Wildman–Crippen MR) is 75.3 cm³/mol. The highest BCUT2D eigenvalue weighted by Gasteiger charge is 2.21. The quantitative estimate of drug-likeness (QED) is 0.690. The third kappa shape index (κ3) is 2.27. The number of carbonyl (C=O) groups excluding carboxylic acids is 1. The van der Waals surface area contributed by atoms with Crippen molar-refractivity contribution in [1.82, 2.24) is 4.57 Å². The van der Waals surface area contributed by atoms with Crippen LogP contribution in [-0.4, -0.2) is 21.6 Å². The molecule has 0 aliphatic carbocycles. The van der Waals surface area contributed by atoms with E-state index < -0.39 is 11.9 Å². The molecule has 0 atom stereocenters. The van der Waals surface area contributed by atoms with Crippen LogP contribution in [0.2, 0.25) is 0 Å². The Bertz CT molecular complexity index is 697. The molecule has 0 saturated carbocycles. The Morgan fingerprint density at radius 1 is 1.30 bits per heavy atom. The molecular formula is C15H17NO4. The van der Waals surface area contributed by atoms with Gasteiger partial charge in [0.25, 0.3) is 0 Å². The highest BCUT2D eigenvalue weighted by molar-refractivity contribution is 6.05. The molecule has 1 heterocycles. The van der Waals surface area contributed by atoms with Crippen LogP contribution in [0.1, 0.15) is 42.9 Å². The van der Waals surface area contributed by atoms with Crippen LogP contribution in [0.3, 0.4) is 0 Å². The lowest BCUT2D eigenvalue weighted by Gasteiger charge is -2.12. The molecule has 2 aromatic rings. The lowest BCUT2D eigenvalue weighted by Crippen LogP contribution is -2.05. The van der Waals surface area contributed by atoms with E-state index in [9.17, 15) is 14.7 Å². The van der Waals surface area contributed by atoms with E-state index in [0.717, 1.165) is 5.52 Å². The van der Waals surface area contributed by atoms with Gasteiger partial charge in [-0.2, -0.15) is 0 Å². The van der Waals surface area contributed by atoms with Gasteiger partial charge in [-0.3, -0.25) is 4.79 Å². The van der Waals surface area contributed by atoms with Crippen LogP contribution in [0.15, 0.2) is 18.2 Å². The average Bonchev–Trinajstić information content (AvgIpc) is 2.59. The fourth-order valence-corrected chi connectivity index (χ4v) is 2.59. The first-order chi connectivity index (χ1) is 9.32. The normalized spacial score (nSPS) is 11.1. The fourth-order valence-electron chi connectivity index (χ4n) is 2.59. The highest BCUT2D eigenvalue weighted by Crippen LogP contribution is 2.31. The van der Waals surface area contributed by atoms with E-state index in [2.05, 4.69) is 0 Å². The first kappa shape index (κ1) is 14.1. The number of esters is 1. The van der Waals surface area contributed by atoms with Crippen molar-refractivity contribution in [1.29, 1.82) is 0 Å². The molecule has 2 rings (SSSR count). The van der Waals surface area contributed by atoms with E-state index in [4.69, 9.17) is 4.74 Å². The number of fused-ring (bicyclic) bond motifs is 1. The molecule has 0 spiro atoms. The molecule has 5 nitrogen and oxygen atoms in total. The van der Waals surface area contributed by atoms with Crippen LogP contribution in [-0.2, 0) is 4.79 Å². The molecule has 0 amide bonds. The molecule has 0 fully saturated rings. The van der Waals surface area contributed by atoms with Gasteiger partial charge in [0.15, 0.2) is 0 Å². The SMILES string of the molecule is CC(=O)Oc1ccc2c(c1)c(C(=O)O)c(C)n2C(C)C. The van der Waals surface area contributed by atoms with Gasteiger partial charge < -0.3 is 14.4 Å². The van der Waals surface area contributed by atoms with Gasteiger partial charge in [-0.1, -0.05) is 0 Å². The van der Waals surface area contributed by atoms with E-state index in [0.29, 0.717) is 16.8 Å². The molecule has 0 unspecified atom stereocenters. The Morgan fingerprint density at radius 3 is 2.45 bits per heavy atom. The minimum absolute atomic E-state index is 0.144. The number of aromatic carboxylic acids is 1. The second-order valence-corrected chi connectivity index (χ2v) is 5.00. The fraction of sp³-hybridized carbons (Fsp3) is 0.333. The third-order valence-corrected chi connectivity index (χ3v) is 3.21. The molecule has 0 aliphatic rings. The van der Waals surface area contributed by atoms with E-state index in [-0.39, 0.29) is 11.6 Å². The van der Waals surface area contributed by atoms with Gasteiger partial charge in [0, 0.05) is 29.6 Å². The summed E-state index contributed by atoms with van der Waals surface area (Å²) in [5.41, 5.74) is 1.77. The summed E-state index contributed by atoms with van der Waals surface area (Å²) in [6.45, 7) is 7.10. The van der Waals surface area contributed by atoms with E-state index >= 15 is 0 Å². The zero-order valence-electron chi connectivity index (χ0n) is 11.9. The molecule has 1 aromatic carbocycles. The summed E-state index contributed by atoms with van der Waals surface area (Å²) in [5, 5.41) is 10.00. The van der Waals surface area contributed by atoms with Crippen molar-refractivity contribution < 1.29 is 19.4 Å². The van der Waals surface area contributed by atoms with Crippen LogP contribution in [0.25, 0.3) is 10.9 Å². The molecular weight excluding hydrogens is 258 g/mol. The van der Waals surface area contributed by atoms with Crippen molar-refractivity contribution in [2.24, 2.45) is 0 Å². The second kappa shape index (κ2) is 5.00. The number of hydrogen-bond donors (Lipinski definition) is 1. The standard InChI is InChI=1S/C15H17NO4/c1-8(2)16-9(3)14(15(18)19)12-7-11(20-10(4)17)5-6-13(12)16/h5-8H,1-4H3,(H,18,19). The van der Waals surface area contributed by atoms with Crippen molar-refractivity contribution in [2.45, 2.75) is 33.7 Å². The molecule has 0 radical (unpaired) electrons. The number of nitrogens with zero attached hydrogens (tertiary/aromatic N) is 1. The molecule has 0 saturated heterocycles. The Hall–Kier alpha value is -2.30. The van der Waals surface area contributed by atoms with Gasteiger partial charge in [-0.15, -0.1) is 0 Å². The first-order valence-corrected chi connectivity index (χ1v) is 6.39. The van der Waals surface area contributed by atoms with Crippen LogP contribution in [0.5, 0.6) is 5.75 Å². The van der Waals surface area contributed by atoms with E-state index in [1.54, 1.807) is 25.1 Å². The molecule has 1 N–H and O–H groups in total. The summed E-state index contributed by atoms with van der Waals surface area (Å²) in [4.78, 5) is 22.5. The number of ether oxygens (including phenoxy) is 1. The summed E-state index contributed by atoms with van der Waals surface area (Å²) in [5.74, 6) is -1.05. The average molecular weight is 275 g/mol. The van der Waals surface area contributed by atoms with E-state index in [1.807, 2.05) is 18.4 Å². The maximum absolute atomic E-state index is 11.5. The van der Waals surface area contributed by atoms with Gasteiger partial charge in [0.1, 0.15) is 5.75 Å². The van der Waals surface area contributed by atoms with Crippen molar-refractivity contribution in [3.05, 3.63) is 29.5 Å². The number of carbonyl (C=O) groups is 2.